The molecule has 1 aliphatic heterocycles. The van der Waals surface area contributed by atoms with Gasteiger partial charge in [-0.3, -0.25) is 9.69 Å². The molecule has 112 valence electrons. The number of thiocarbonyl (C=S) groups is 1. The number of rotatable bonds is 3. The number of methoxy groups -OCH3 is 1. The maximum Gasteiger partial charge on any atom is 0.242 e. The van der Waals surface area contributed by atoms with Crippen LogP contribution >= 0.6 is 23.8 Å². The van der Waals surface area contributed by atoms with E-state index in [1.54, 1.807) is 25.3 Å². The SMILES string of the molecule is COc1ccc(CN2C(=O)C3C=CC(Cl)=CC3=NC2=S)cc1. The molecule has 1 aromatic carbocycles. The lowest BCUT2D eigenvalue weighted by atomic mass is 9.95. The van der Waals surface area contributed by atoms with E-state index in [1.165, 1.54) is 4.90 Å². The van der Waals surface area contributed by atoms with Crippen molar-refractivity contribution in [2.24, 2.45) is 10.9 Å². The number of carbonyl (C=O) groups excluding carboxylic acids is 1. The van der Waals surface area contributed by atoms with Crippen LogP contribution in [0.2, 0.25) is 0 Å². The van der Waals surface area contributed by atoms with Crippen LogP contribution in [-0.2, 0) is 11.3 Å². The average Bonchev–Trinajstić information content (AvgIpc) is 2.51. The van der Waals surface area contributed by atoms with Gasteiger partial charge in [-0.05, 0) is 42.1 Å². The van der Waals surface area contributed by atoms with E-state index in [-0.39, 0.29) is 11.0 Å². The van der Waals surface area contributed by atoms with Crippen molar-refractivity contribution >= 4 is 40.6 Å². The van der Waals surface area contributed by atoms with Gasteiger partial charge in [0.2, 0.25) is 11.0 Å². The summed E-state index contributed by atoms with van der Waals surface area (Å²) < 4.78 is 5.13. The highest BCUT2D eigenvalue weighted by atomic mass is 35.5. The Kier molecular flexibility index (Phi) is 4.09. The number of amides is 1. The summed E-state index contributed by atoms with van der Waals surface area (Å²) in [5.74, 6) is 0.279. The van der Waals surface area contributed by atoms with Crippen molar-refractivity contribution < 1.29 is 9.53 Å². The first-order valence-corrected chi connectivity index (χ1v) is 7.49. The van der Waals surface area contributed by atoms with E-state index in [0.29, 0.717) is 17.3 Å². The van der Waals surface area contributed by atoms with Gasteiger partial charge < -0.3 is 4.74 Å². The van der Waals surface area contributed by atoms with Gasteiger partial charge >= 0.3 is 0 Å². The number of hydrogen-bond donors (Lipinski definition) is 0. The maximum atomic E-state index is 12.6. The Labute approximate surface area is 138 Å². The summed E-state index contributed by atoms with van der Waals surface area (Å²) in [6.07, 6.45) is 5.15. The summed E-state index contributed by atoms with van der Waals surface area (Å²) >= 11 is 11.2. The van der Waals surface area contributed by atoms with Crippen LogP contribution in [0.15, 0.2) is 52.5 Å². The Morgan fingerprint density at radius 1 is 1.36 bits per heavy atom. The molecule has 0 fully saturated rings. The van der Waals surface area contributed by atoms with Crippen molar-refractivity contribution in [2.75, 3.05) is 7.11 Å². The number of halogens is 1. The Balaban J connectivity index is 1.84. The molecule has 0 spiro atoms. The molecule has 2 aliphatic rings. The quantitative estimate of drug-likeness (QED) is 0.799. The van der Waals surface area contributed by atoms with Crippen molar-refractivity contribution in [3.63, 3.8) is 0 Å². The summed E-state index contributed by atoms with van der Waals surface area (Å²) in [6.45, 7) is 0.389. The van der Waals surface area contributed by atoms with Crippen LogP contribution in [0.4, 0.5) is 0 Å². The summed E-state index contributed by atoms with van der Waals surface area (Å²) in [5, 5.41) is 0.817. The zero-order chi connectivity index (χ0) is 15.7. The van der Waals surface area contributed by atoms with Gasteiger partial charge in [0.05, 0.1) is 25.3 Å². The number of fused-ring (bicyclic) bond motifs is 1. The minimum atomic E-state index is -0.410. The molecule has 1 atom stereocenters. The minimum absolute atomic E-state index is 0.0810. The van der Waals surface area contributed by atoms with Gasteiger partial charge in [-0.1, -0.05) is 29.8 Å². The summed E-state index contributed by atoms with van der Waals surface area (Å²) in [6, 6.07) is 7.51. The molecule has 0 radical (unpaired) electrons. The predicted molar refractivity (Wildman–Crippen MR) is 90.1 cm³/mol. The molecule has 3 rings (SSSR count). The van der Waals surface area contributed by atoms with Crippen LogP contribution in [-0.4, -0.2) is 28.7 Å². The topological polar surface area (TPSA) is 41.9 Å². The molecule has 1 amide bonds. The molecule has 1 unspecified atom stereocenters. The Bertz CT molecular complexity index is 722. The monoisotopic (exact) mass is 332 g/mol. The largest absolute Gasteiger partial charge is 0.497 e. The summed E-state index contributed by atoms with van der Waals surface area (Å²) in [4.78, 5) is 18.5. The molecule has 1 aromatic rings. The van der Waals surface area contributed by atoms with Crippen molar-refractivity contribution in [2.45, 2.75) is 6.54 Å². The predicted octanol–water partition coefficient (Wildman–Crippen LogP) is 3.07. The van der Waals surface area contributed by atoms with E-state index in [1.807, 2.05) is 24.3 Å². The van der Waals surface area contributed by atoms with Gasteiger partial charge in [-0.2, -0.15) is 0 Å². The van der Waals surface area contributed by atoms with Crippen LogP contribution in [0.3, 0.4) is 0 Å². The fourth-order valence-corrected chi connectivity index (χ4v) is 2.81. The Hall–Kier alpha value is -1.98. The summed E-state index contributed by atoms with van der Waals surface area (Å²) in [5.41, 5.74) is 1.57. The standard InChI is InChI=1S/C16H13ClN2O2S/c1-21-12-5-2-10(3-6-12)9-19-15(20)13-7-4-11(17)8-14(13)18-16(19)22/h2-8,13H,9H2,1H3. The van der Waals surface area contributed by atoms with E-state index >= 15 is 0 Å². The van der Waals surface area contributed by atoms with Gasteiger partial charge in [-0.15, -0.1) is 0 Å². The van der Waals surface area contributed by atoms with Crippen LogP contribution in [0.5, 0.6) is 5.75 Å². The summed E-state index contributed by atoms with van der Waals surface area (Å²) in [7, 11) is 1.61. The lowest BCUT2D eigenvalue weighted by Gasteiger charge is -2.30. The second-order valence-electron chi connectivity index (χ2n) is 4.96. The normalized spacial score (nSPS) is 20.5. The molecule has 0 N–H and O–H groups in total. The van der Waals surface area contributed by atoms with Crippen molar-refractivity contribution in [3.05, 3.63) is 53.1 Å². The molecule has 0 bridgehead atoms. The smallest absolute Gasteiger partial charge is 0.242 e. The van der Waals surface area contributed by atoms with E-state index < -0.39 is 5.92 Å². The van der Waals surface area contributed by atoms with E-state index in [9.17, 15) is 4.79 Å². The molecular formula is C16H13ClN2O2S. The van der Waals surface area contributed by atoms with E-state index in [2.05, 4.69) is 4.99 Å². The van der Waals surface area contributed by atoms with Gasteiger partial charge in [-0.25, -0.2) is 4.99 Å². The molecular weight excluding hydrogens is 320 g/mol. The zero-order valence-corrected chi connectivity index (χ0v) is 13.4. The number of allylic oxidation sites excluding steroid dienone is 3. The second-order valence-corrected chi connectivity index (χ2v) is 5.76. The molecule has 0 saturated heterocycles. The first-order chi connectivity index (χ1) is 10.6. The number of nitrogens with zero attached hydrogens (tertiary/aromatic N) is 2. The van der Waals surface area contributed by atoms with Crippen LogP contribution in [0.25, 0.3) is 0 Å². The highest BCUT2D eigenvalue weighted by molar-refractivity contribution is 7.80. The average molecular weight is 333 g/mol. The van der Waals surface area contributed by atoms with E-state index in [4.69, 9.17) is 28.6 Å². The van der Waals surface area contributed by atoms with Crippen molar-refractivity contribution in [3.8, 4) is 5.75 Å². The van der Waals surface area contributed by atoms with Crippen LogP contribution < -0.4 is 4.74 Å². The van der Waals surface area contributed by atoms with Gasteiger partial charge in [0.1, 0.15) is 5.75 Å². The number of benzene rings is 1. The molecule has 0 saturated carbocycles. The third-order valence-corrected chi connectivity index (χ3v) is 4.09. The Morgan fingerprint density at radius 2 is 2.09 bits per heavy atom. The molecule has 6 heteroatoms. The number of ether oxygens (including phenoxy) is 1. The maximum absolute atomic E-state index is 12.6. The van der Waals surface area contributed by atoms with Gasteiger partial charge in [0.15, 0.2) is 0 Å². The highest BCUT2D eigenvalue weighted by Gasteiger charge is 2.34. The van der Waals surface area contributed by atoms with E-state index in [0.717, 1.165) is 11.3 Å². The number of carbonyl (C=O) groups is 1. The fraction of sp³-hybridized carbons (Fsp3) is 0.188. The molecule has 22 heavy (non-hydrogen) atoms. The molecule has 1 heterocycles. The van der Waals surface area contributed by atoms with Gasteiger partial charge in [0.25, 0.3) is 0 Å². The van der Waals surface area contributed by atoms with Gasteiger partial charge in [0, 0.05) is 5.03 Å². The number of aliphatic imine (C=N–C) groups is 1. The highest BCUT2D eigenvalue weighted by Crippen LogP contribution is 2.25. The lowest BCUT2D eigenvalue weighted by Crippen LogP contribution is -2.45. The first-order valence-electron chi connectivity index (χ1n) is 6.71. The molecule has 4 nitrogen and oxygen atoms in total. The molecule has 0 aromatic heterocycles. The van der Waals surface area contributed by atoms with Crippen LogP contribution in [0.1, 0.15) is 5.56 Å². The van der Waals surface area contributed by atoms with Crippen molar-refractivity contribution in [1.82, 2.24) is 4.90 Å². The second kappa shape index (κ2) is 6.02. The lowest BCUT2D eigenvalue weighted by molar-refractivity contribution is -0.128. The number of hydrogen-bond acceptors (Lipinski definition) is 3. The fourth-order valence-electron chi connectivity index (χ4n) is 2.37. The zero-order valence-electron chi connectivity index (χ0n) is 11.8. The third-order valence-electron chi connectivity index (χ3n) is 3.54. The minimum Gasteiger partial charge on any atom is -0.497 e. The first kappa shape index (κ1) is 14.9. The van der Waals surface area contributed by atoms with Crippen molar-refractivity contribution in [1.29, 1.82) is 0 Å². The molecule has 1 aliphatic carbocycles. The van der Waals surface area contributed by atoms with Crippen LogP contribution in [0, 0.1) is 5.92 Å². The third kappa shape index (κ3) is 2.82. The Morgan fingerprint density at radius 3 is 2.77 bits per heavy atom.